The molecule has 1 aliphatic carbocycles. The van der Waals surface area contributed by atoms with E-state index in [0.717, 1.165) is 52.3 Å². The van der Waals surface area contributed by atoms with Gasteiger partial charge in [-0.15, -0.1) is 0 Å². The molecule has 6 rings (SSSR count). The van der Waals surface area contributed by atoms with Crippen molar-refractivity contribution >= 4 is 11.5 Å². The first-order chi connectivity index (χ1) is 19.1. The zero-order chi connectivity index (χ0) is 28.2. The molecule has 4 unspecified atom stereocenters. The van der Waals surface area contributed by atoms with Crippen molar-refractivity contribution < 1.29 is 13.2 Å². The Morgan fingerprint density at radius 3 is 2.65 bits per heavy atom. The minimum atomic E-state index is -4.34. The van der Waals surface area contributed by atoms with Crippen molar-refractivity contribution in [2.24, 2.45) is 0 Å². The third-order valence-corrected chi connectivity index (χ3v) is 8.80. The van der Waals surface area contributed by atoms with Gasteiger partial charge in [0, 0.05) is 70.1 Å². The number of halogens is 3. The number of hydrogen-bond donors (Lipinski definition) is 2. The molecule has 5 nitrogen and oxygen atoms in total. The van der Waals surface area contributed by atoms with Crippen molar-refractivity contribution in [3.8, 4) is 0 Å². The van der Waals surface area contributed by atoms with Crippen LogP contribution in [-0.2, 0) is 18.3 Å². The number of piperidine rings is 1. The SMILES string of the molecule is C=C(NC1CC(c2ccccc2)C(C)N(CC(F)(F)F)C1=C)c1cnc2c(c1)CC1(C2)C(=C)Nc2ncccc21. The fourth-order valence-electron chi connectivity index (χ4n) is 6.66. The van der Waals surface area contributed by atoms with Gasteiger partial charge in [-0.3, -0.25) is 4.98 Å². The number of benzene rings is 1. The minimum Gasteiger partial charge on any atom is -0.377 e. The molecule has 3 aliphatic rings. The third kappa shape index (κ3) is 4.45. The Morgan fingerprint density at radius 2 is 1.90 bits per heavy atom. The molecular weight excluding hydrogens is 511 g/mol. The summed E-state index contributed by atoms with van der Waals surface area (Å²) in [4.78, 5) is 10.6. The summed E-state index contributed by atoms with van der Waals surface area (Å²) in [7, 11) is 0. The fourth-order valence-corrected chi connectivity index (χ4v) is 6.66. The average molecular weight is 544 g/mol. The molecule has 1 fully saturated rings. The van der Waals surface area contributed by atoms with Gasteiger partial charge in [-0.1, -0.05) is 56.1 Å². The summed E-state index contributed by atoms with van der Waals surface area (Å²) in [5.41, 5.74) is 6.72. The molecule has 0 bridgehead atoms. The lowest BCUT2D eigenvalue weighted by Gasteiger charge is -2.47. The number of nitrogens with one attached hydrogen (secondary N) is 2. The van der Waals surface area contributed by atoms with Crippen LogP contribution in [0.2, 0.25) is 0 Å². The Bertz CT molecular complexity index is 1500. The molecule has 40 heavy (non-hydrogen) atoms. The number of alkyl halides is 3. The number of allylic oxidation sites excluding steroid dienone is 1. The normalized spacial score (nSPS) is 25.5. The van der Waals surface area contributed by atoms with Crippen LogP contribution >= 0.6 is 0 Å². The second kappa shape index (κ2) is 9.54. The van der Waals surface area contributed by atoms with Crippen molar-refractivity contribution in [2.45, 2.75) is 55.8 Å². The smallest absolute Gasteiger partial charge is 0.377 e. The van der Waals surface area contributed by atoms with Crippen LogP contribution in [0.5, 0.6) is 0 Å². The van der Waals surface area contributed by atoms with Crippen molar-refractivity contribution in [3.63, 3.8) is 0 Å². The van der Waals surface area contributed by atoms with Crippen LogP contribution in [0.3, 0.4) is 0 Å². The van der Waals surface area contributed by atoms with Gasteiger partial charge >= 0.3 is 6.18 Å². The highest BCUT2D eigenvalue weighted by Gasteiger charge is 2.48. The Balaban J connectivity index is 1.25. The topological polar surface area (TPSA) is 53.1 Å². The monoisotopic (exact) mass is 543 g/mol. The number of pyridine rings is 2. The molecule has 2 N–H and O–H groups in total. The highest BCUT2D eigenvalue weighted by atomic mass is 19.4. The molecule has 0 saturated carbocycles. The zero-order valence-electron chi connectivity index (χ0n) is 22.4. The van der Waals surface area contributed by atoms with E-state index in [0.29, 0.717) is 17.8 Å². The van der Waals surface area contributed by atoms with Gasteiger partial charge in [-0.05, 0) is 43.0 Å². The second-order valence-corrected chi connectivity index (χ2v) is 11.2. The van der Waals surface area contributed by atoms with Crippen molar-refractivity contribution in [1.82, 2.24) is 20.2 Å². The van der Waals surface area contributed by atoms with E-state index < -0.39 is 18.8 Å². The molecule has 0 amide bonds. The van der Waals surface area contributed by atoms with Crippen molar-refractivity contribution in [3.05, 3.63) is 120 Å². The maximum absolute atomic E-state index is 13.6. The second-order valence-electron chi connectivity index (χ2n) is 11.2. The van der Waals surface area contributed by atoms with Gasteiger partial charge in [0.05, 0.1) is 6.04 Å². The van der Waals surface area contributed by atoms with E-state index >= 15 is 0 Å². The minimum absolute atomic E-state index is 0.105. The van der Waals surface area contributed by atoms with Gasteiger partial charge in [0.15, 0.2) is 0 Å². The highest BCUT2D eigenvalue weighted by molar-refractivity contribution is 5.68. The Labute approximate surface area is 232 Å². The molecule has 3 aromatic rings. The largest absolute Gasteiger partial charge is 0.405 e. The summed E-state index contributed by atoms with van der Waals surface area (Å²) >= 11 is 0. The van der Waals surface area contributed by atoms with Crippen LogP contribution in [0.25, 0.3) is 5.70 Å². The van der Waals surface area contributed by atoms with E-state index in [1.54, 1.807) is 12.4 Å². The van der Waals surface area contributed by atoms with E-state index in [-0.39, 0.29) is 17.4 Å². The molecule has 2 aromatic heterocycles. The summed E-state index contributed by atoms with van der Waals surface area (Å²) in [6.07, 6.45) is 1.29. The van der Waals surface area contributed by atoms with Crippen LogP contribution in [0, 0.1) is 0 Å². The maximum Gasteiger partial charge on any atom is 0.405 e. The Hall–Kier alpha value is -4.07. The van der Waals surface area contributed by atoms with Gasteiger partial charge in [0.1, 0.15) is 12.4 Å². The van der Waals surface area contributed by atoms with E-state index in [1.165, 1.54) is 4.90 Å². The van der Waals surface area contributed by atoms with Crippen LogP contribution < -0.4 is 10.6 Å². The lowest BCUT2D eigenvalue weighted by molar-refractivity contribution is -0.148. The molecule has 4 heterocycles. The number of fused-ring (bicyclic) bond motifs is 3. The number of aromatic nitrogens is 2. The Morgan fingerprint density at radius 1 is 1.12 bits per heavy atom. The number of likely N-dealkylation sites (tertiary alicyclic amines) is 1. The molecule has 1 saturated heterocycles. The lowest BCUT2D eigenvalue weighted by Crippen LogP contribution is -2.52. The first-order valence-corrected chi connectivity index (χ1v) is 13.5. The maximum atomic E-state index is 13.6. The molecule has 206 valence electrons. The molecule has 8 heteroatoms. The number of anilines is 1. The van der Waals surface area contributed by atoms with Crippen LogP contribution in [0.1, 0.15) is 47.2 Å². The Kier molecular flexibility index (Phi) is 6.24. The van der Waals surface area contributed by atoms with E-state index in [9.17, 15) is 13.2 Å². The van der Waals surface area contributed by atoms with E-state index in [2.05, 4.69) is 47.5 Å². The molecule has 2 aliphatic heterocycles. The number of hydrogen-bond acceptors (Lipinski definition) is 5. The standard InChI is InChI=1S/C32H32F3N5/c1-19(25-13-24-15-31(16-29(24)37-17-25)22(4)39-30-27(31)11-8-12-36-30)38-28-14-26(23-9-6-5-7-10-23)20(2)40(21(28)3)18-32(33,34)35/h5-13,17,20,26,28,38H,1,3-4,14-16,18H2,2H3,(H,36,39). The summed E-state index contributed by atoms with van der Waals surface area (Å²) in [6, 6.07) is 15.1. The number of rotatable bonds is 5. The van der Waals surface area contributed by atoms with Crippen LogP contribution in [0.15, 0.2) is 92.1 Å². The summed E-state index contributed by atoms with van der Waals surface area (Å²) in [6.45, 7) is 13.5. The van der Waals surface area contributed by atoms with E-state index in [1.807, 2.05) is 43.3 Å². The van der Waals surface area contributed by atoms with Gasteiger partial charge in [0.2, 0.25) is 0 Å². The van der Waals surface area contributed by atoms with Gasteiger partial charge in [-0.2, -0.15) is 13.2 Å². The summed E-state index contributed by atoms with van der Waals surface area (Å²) in [5.74, 6) is 0.736. The van der Waals surface area contributed by atoms with Gasteiger partial charge in [-0.25, -0.2) is 4.98 Å². The number of nitrogens with zero attached hydrogens (tertiary/aromatic N) is 3. The molecule has 1 aromatic carbocycles. The highest BCUT2D eigenvalue weighted by Crippen LogP contribution is 2.50. The molecular formula is C32H32F3N5. The first-order valence-electron chi connectivity index (χ1n) is 13.5. The first kappa shape index (κ1) is 26.2. The van der Waals surface area contributed by atoms with E-state index in [4.69, 9.17) is 4.98 Å². The molecule has 4 atom stereocenters. The molecule has 1 spiro atoms. The average Bonchev–Trinajstić information content (AvgIpc) is 3.44. The lowest BCUT2D eigenvalue weighted by atomic mass is 9.78. The van der Waals surface area contributed by atoms with Gasteiger partial charge in [0.25, 0.3) is 0 Å². The predicted molar refractivity (Wildman–Crippen MR) is 151 cm³/mol. The van der Waals surface area contributed by atoms with Crippen LogP contribution in [-0.4, -0.2) is 39.7 Å². The zero-order valence-corrected chi connectivity index (χ0v) is 22.4. The summed E-state index contributed by atoms with van der Waals surface area (Å²) in [5, 5.41) is 6.76. The molecule has 0 radical (unpaired) electrons. The van der Waals surface area contributed by atoms with Crippen molar-refractivity contribution in [2.75, 3.05) is 11.9 Å². The predicted octanol–water partition coefficient (Wildman–Crippen LogP) is 6.34. The van der Waals surface area contributed by atoms with Gasteiger partial charge < -0.3 is 15.5 Å². The summed E-state index contributed by atoms with van der Waals surface area (Å²) < 4.78 is 40.8. The quantitative estimate of drug-likeness (QED) is 0.394. The van der Waals surface area contributed by atoms with Crippen molar-refractivity contribution in [1.29, 1.82) is 0 Å². The fraction of sp³-hybridized carbons (Fsp3) is 0.312. The van der Waals surface area contributed by atoms with Crippen LogP contribution in [0.4, 0.5) is 19.0 Å². The third-order valence-electron chi connectivity index (χ3n) is 8.80.